The number of carboxylic acids is 1. The third-order valence-electron chi connectivity index (χ3n) is 5.75. The highest BCUT2D eigenvalue weighted by Gasteiger charge is 2.42. The van der Waals surface area contributed by atoms with E-state index in [2.05, 4.69) is 4.98 Å². The Kier molecular flexibility index (Phi) is 9.72. The van der Waals surface area contributed by atoms with Crippen LogP contribution < -0.4 is 4.74 Å². The van der Waals surface area contributed by atoms with Gasteiger partial charge in [-0.25, -0.2) is 0 Å². The Bertz CT molecular complexity index is 1200. The first-order valence-corrected chi connectivity index (χ1v) is 11.9. The van der Waals surface area contributed by atoms with Gasteiger partial charge in [0.1, 0.15) is 11.7 Å². The standard InChI is InChI=1S/C26H25ClF6N2O3/c27-24-18(6-2-8-20(24)25(28,29)30)15-35(16-21(26(31,32)33)22-9-3-10-34-22)11-4-12-38-19-7-1-5-17(13-19)14-23(36)37/h1-3,5-10,13,21,34H,4,11-12,14-16H2,(H,36,37). The Hall–Kier alpha value is -3.18. The van der Waals surface area contributed by atoms with Crippen molar-refractivity contribution in [3.63, 3.8) is 0 Å². The number of nitrogens with zero attached hydrogens (tertiary/aromatic N) is 1. The van der Waals surface area contributed by atoms with Crippen LogP contribution in [-0.2, 0) is 23.9 Å². The first-order chi connectivity index (χ1) is 17.8. The van der Waals surface area contributed by atoms with Crippen LogP contribution >= 0.6 is 11.6 Å². The van der Waals surface area contributed by atoms with Gasteiger partial charge in [0.05, 0.1) is 23.6 Å². The Morgan fingerprint density at radius 1 is 1.05 bits per heavy atom. The molecule has 3 aromatic rings. The lowest BCUT2D eigenvalue weighted by Gasteiger charge is -2.29. The summed E-state index contributed by atoms with van der Waals surface area (Å²) in [6.07, 6.45) is -7.90. The number of H-pyrrole nitrogens is 1. The van der Waals surface area contributed by atoms with E-state index in [4.69, 9.17) is 21.4 Å². The number of carbonyl (C=O) groups is 1. The monoisotopic (exact) mass is 562 g/mol. The number of nitrogens with one attached hydrogen (secondary N) is 1. The van der Waals surface area contributed by atoms with Crippen LogP contribution in [0, 0.1) is 0 Å². The molecule has 0 saturated heterocycles. The molecular weight excluding hydrogens is 538 g/mol. The van der Waals surface area contributed by atoms with Gasteiger partial charge in [0.25, 0.3) is 0 Å². The van der Waals surface area contributed by atoms with E-state index in [1.807, 2.05) is 0 Å². The molecule has 3 rings (SSSR count). The van der Waals surface area contributed by atoms with Gasteiger partial charge in [-0.05, 0) is 47.9 Å². The van der Waals surface area contributed by atoms with E-state index in [0.29, 0.717) is 11.3 Å². The Balaban J connectivity index is 1.76. The molecule has 0 saturated carbocycles. The van der Waals surface area contributed by atoms with Crippen LogP contribution in [0.5, 0.6) is 5.75 Å². The van der Waals surface area contributed by atoms with E-state index in [-0.39, 0.29) is 43.8 Å². The molecular formula is C26H25ClF6N2O3. The molecule has 0 bridgehead atoms. The number of halogens is 7. The molecule has 2 N–H and O–H groups in total. The van der Waals surface area contributed by atoms with Crippen molar-refractivity contribution in [1.82, 2.24) is 9.88 Å². The average molecular weight is 563 g/mol. The minimum atomic E-state index is -4.71. The normalized spacial score (nSPS) is 13.1. The fourth-order valence-electron chi connectivity index (χ4n) is 3.99. The second kappa shape index (κ2) is 12.6. The summed E-state index contributed by atoms with van der Waals surface area (Å²) in [6, 6.07) is 12.5. The zero-order valence-corrected chi connectivity index (χ0v) is 20.7. The van der Waals surface area contributed by atoms with Crippen molar-refractivity contribution in [3.8, 4) is 5.75 Å². The first kappa shape index (κ1) is 29.4. The lowest BCUT2D eigenvalue weighted by atomic mass is 10.0. The number of hydrogen-bond acceptors (Lipinski definition) is 3. The summed E-state index contributed by atoms with van der Waals surface area (Å²) in [5.41, 5.74) is -0.548. The second-order valence-corrected chi connectivity index (χ2v) is 9.03. The summed E-state index contributed by atoms with van der Waals surface area (Å²) in [4.78, 5) is 14.9. The van der Waals surface area contributed by atoms with Crippen molar-refractivity contribution in [1.29, 1.82) is 0 Å². The molecule has 0 aliphatic carbocycles. The number of benzene rings is 2. The molecule has 0 aliphatic heterocycles. The van der Waals surface area contributed by atoms with E-state index in [1.54, 1.807) is 24.3 Å². The number of aromatic amines is 1. The topological polar surface area (TPSA) is 65.6 Å². The highest BCUT2D eigenvalue weighted by atomic mass is 35.5. The van der Waals surface area contributed by atoms with Gasteiger partial charge in [0, 0.05) is 31.5 Å². The van der Waals surface area contributed by atoms with Crippen molar-refractivity contribution in [2.24, 2.45) is 0 Å². The van der Waals surface area contributed by atoms with Crippen LogP contribution in [0.25, 0.3) is 0 Å². The van der Waals surface area contributed by atoms with Crippen molar-refractivity contribution in [3.05, 3.63) is 88.2 Å². The molecule has 0 radical (unpaired) electrons. The molecule has 1 atom stereocenters. The van der Waals surface area contributed by atoms with Crippen LogP contribution in [0.4, 0.5) is 26.3 Å². The highest BCUT2D eigenvalue weighted by molar-refractivity contribution is 6.32. The third kappa shape index (κ3) is 8.42. The van der Waals surface area contributed by atoms with E-state index >= 15 is 0 Å². The largest absolute Gasteiger partial charge is 0.494 e. The van der Waals surface area contributed by atoms with Gasteiger partial charge >= 0.3 is 18.3 Å². The third-order valence-corrected chi connectivity index (χ3v) is 6.20. The predicted octanol–water partition coefficient (Wildman–Crippen LogP) is 6.93. The maximum atomic E-state index is 13.9. The van der Waals surface area contributed by atoms with Gasteiger partial charge in [-0.3, -0.25) is 9.69 Å². The molecule has 2 aromatic carbocycles. The Morgan fingerprint density at radius 3 is 2.42 bits per heavy atom. The first-order valence-electron chi connectivity index (χ1n) is 11.5. The Labute approximate surface area is 220 Å². The average Bonchev–Trinajstić information content (AvgIpc) is 3.34. The molecule has 0 spiro atoms. The molecule has 0 aliphatic rings. The summed E-state index contributed by atoms with van der Waals surface area (Å²) in [5.74, 6) is -2.51. The maximum absolute atomic E-state index is 13.9. The van der Waals surface area contributed by atoms with Gasteiger partial charge in [-0.15, -0.1) is 0 Å². The molecule has 206 valence electrons. The molecule has 5 nitrogen and oxygen atoms in total. The molecule has 0 amide bonds. The SMILES string of the molecule is O=C(O)Cc1cccc(OCCCN(Cc2cccc(C(F)(F)F)c2Cl)CC(c2ccc[nH]2)C(F)(F)F)c1. The number of aromatic nitrogens is 1. The van der Waals surface area contributed by atoms with Gasteiger partial charge in [-0.1, -0.05) is 35.9 Å². The van der Waals surface area contributed by atoms with Crippen molar-refractivity contribution < 1.29 is 41.0 Å². The van der Waals surface area contributed by atoms with Crippen molar-refractivity contribution in [2.75, 3.05) is 19.7 Å². The second-order valence-electron chi connectivity index (χ2n) is 8.65. The van der Waals surface area contributed by atoms with Crippen LogP contribution in [-0.4, -0.2) is 46.8 Å². The summed E-state index contributed by atoms with van der Waals surface area (Å²) in [6.45, 7) is -0.619. The molecule has 0 fully saturated rings. The minimum Gasteiger partial charge on any atom is -0.494 e. The molecule has 1 unspecified atom stereocenters. The zero-order chi connectivity index (χ0) is 27.9. The van der Waals surface area contributed by atoms with Crippen LogP contribution in [0.2, 0.25) is 5.02 Å². The van der Waals surface area contributed by atoms with E-state index in [9.17, 15) is 31.1 Å². The maximum Gasteiger partial charge on any atom is 0.417 e. The molecule has 1 heterocycles. The lowest BCUT2D eigenvalue weighted by Crippen LogP contribution is -2.36. The number of alkyl halides is 6. The number of ether oxygens (including phenoxy) is 1. The van der Waals surface area contributed by atoms with Gasteiger partial charge in [-0.2, -0.15) is 26.3 Å². The van der Waals surface area contributed by atoms with E-state index in [0.717, 1.165) is 6.07 Å². The lowest BCUT2D eigenvalue weighted by molar-refractivity contribution is -0.155. The number of hydrogen-bond donors (Lipinski definition) is 2. The summed E-state index contributed by atoms with van der Waals surface area (Å²) in [7, 11) is 0. The number of rotatable bonds is 12. The van der Waals surface area contributed by atoms with Gasteiger partial charge < -0.3 is 14.8 Å². The van der Waals surface area contributed by atoms with Crippen LogP contribution in [0.1, 0.15) is 34.7 Å². The fraction of sp³-hybridized carbons (Fsp3) is 0.346. The van der Waals surface area contributed by atoms with Crippen LogP contribution in [0.3, 0.4) is 0 Å². The summed E-state index contributed by atoms with van der Waals surface area (Å²) < 4.78 is 87.4. The predicted molar refractivity (Wildman–Crippen MR) is 129 cm³/mol. The minimum absolute atomic E-state index is 0.0520. The fourth-order valence-corrected chi connectivity index (χ4v) is 4.28. The van der Waals surface area contributed by atoms with Gasteiger partial charge in [0.2, 0.25) is 0 Å². The highest BCUT2D eigenvalue weighted by Crippen LogP contribution is 2.38. The Morgan fingerprint density at radius 2 is 1.79 bits per heavy atom. The quantitative estimate of drug-likeness (QED) is 0.186. The summed E-state index contributed by atoms with van der Waals surface area (Å²) in [5, 5.41) is 8.38. The van der Waals surface area contributed by atoms with Crippen molar-refractivity contribution >= 4 is 17.6 Å². The summed E-state index contributed by atoms with van der Waals surface area (Å²) >= 11 is 6.01. The van der Waals surface area contributed by atoms with Crippen molar-refractivity contribution in [2.45, 2.75) is 37.7 Å². The molecule has 12 heteroatoms. The van der Waals surface area contributed by atoms with Crippen LogP contribution in [0.15, 0.2) is 60.8 Å². The molecule has 38 heavy (non-hydrogen) atoms. The number of carboxylic acid groups (broad SMARTS) is 1. The smallest absolute Gasteiger partial charge is 0.417 e. The van der Waals surface area contributed by atoms with E-state index < -0.39 is 41.4 Å². The zero-order valence-electron chi connectivity index (χ0n) is 20.0. The molecule has 1 aromatic heterocycles. The van der Waals surface area contributed by atoms with Gasteiger partial charge in [0.15, 0.2) is 0 Å². The number of aliphatic carboxylic acids is 1. The van der Waals surface area contributed by atoms with E-state index in [1.165, 1.54) is 35.4 Å².